The lowest BCUT2D eigenvalue weighted by Crippen LogP contribution is -2.24. The van der Waals surface area contributed by atoms with Crippen molar-refractivity contribution >= 4 is 0 Å². The van der Waals surface area contributed by atoms with Crippen molar-refractivity contribution in [1.82, 2.24) is 14.9 Å². The van der Waals surface area contributed by atoms with Gasteiger partial charge in [0.2, 0.25) is 0 Å². The molecule has 0 radical (unpaired) electrons. The molecule has 5 nitrogen and oxygen atoms in total. The van der Waals surface area contributed by atoms with Gasteiger partial charge in [-0.2, -0.15) is 0 Å². The highest BCUT2D eigenvalue weighted by Gasteiger charge is 2.43. The molecule has 4 heterocycles. The molecule has 0 aromatic carbocycles. The van der Waals surface area contributed by atoms with E-state index >= 15 is 0 Å². The van der Waals surface area contributed by atoms with E-state index in [9.17, 15) is 0 Å². The van der Waals surface area contributed by atoms with Crippen molar-refractivity contribution in [2.24, 2.45) is 11.8 Å². The van der Waals surface area contributed by atoms with Gasteiger partial charge in [0.1, 0.15) is 0 Å². The van der Waals surface area contributed by atoms with Crippen LogP contribution in [0.3, 0.4) is 0 Å². The number of likely N-dealkylation sites (tertiary alicyclic amines) is 1. The third-order valence-corrected chi connectivity index (χ3v) is 5.25. The summed E-state index contributed by atoms with van der Waals surface area (Å²) in [6.45, 7) is 5.36. The molecule has 2 aliphatic heterocycles. The van der Waals surface area contributed by atoms with Crippen LogP contribution in [0.25, 0.3) is 0 Å². The third kappa shape index (κ3) is 4.24. The topological polar surface area (TPSA) is 47.5 Å². The van der Waals surface area contributed by atoms with Crippen molar-refractivity contribution in [3.05, 3.63) is 60.2 Å². The predicted molar refractivity (Wildman–Crippen MR) is 94.7 cm³/mol. The molecule has 0 N–H and O–H groups in total. The van der Waals surface area contributed by atoms with Crippen LogP contribution in [0.15, 0.2) is 48.9 Å². The minimum Gasteiger partial charge on any atom is -0.376 e. The van der Waals surface area contributed by atoms with E-state index in [-0.39, 0.29) is 0 Å². The Bertz CT molecular complexity index is 653. The zero-order valence-corrected chi connectivity index (χ0v) is 14.5. The monoisotopic (exact) mass is 339 g/mol. The van der Waals surface area contributed by atoms with E-state index in [1.54, 1.807) is 0 Å². The highest BCUT2D eigenvalue weighted by Crippen LogP contribution is 2.36. The normalized spacial score (nSPS) is 26.0. The number of aromatic nitrogens is 2. The number of fused-ring (bicyclic) bond motifs is 1. The first-order valence-electron chi connectivity index (χ1n) is 9.09. The SMILES string of the molecule is c1ccc(COCC[C@H]2CO[C@H]3CN(Cc4cccnc4)C[C@@H]23)nc1. The van der Waals surface area contributed by atoms with Gasteiger partial charge in [0.25, 0.3) is 0 Å². The predicted octanol–water partition coefficient (Wildman–Crippen LogP) is 2.53. The van der Waals surface area contributed by atoms with Crippen LogP contribution in [0.1, 0.15) is 17.7 Å². The number of hydrogen-bond acceptors (Lipinski definition) is 5. The molecular formula is C20H25N3O2. The van der Waals surface area contributed by atoms with Crippen molar-refractivity contribution in [1.29, 1.82) is 0 Å². The first-order chi connectivity index (χ1) is 12.4. The van der Waals surface area contributed by atoms with E-state index in [4.69, 9.17) is 9.47 Å². The minimum absolute atomic E-state index is 0.387. The van der Waals surface area contributed by atoms with Crippen LogP contribution in [0.5, 0.6) is 0 Å². The molecule has 4 rings (SSSR count). The van der Waals surface area contributed by atoms with Crippen molar-refractivity contribution < 1.29 is 9.47 Å². The van der Waals surface area contributed by atoms with Crippen molar-refractivity contribution in [2.75, 3.05) is 26.3 Å². The fraction of sp³-hybridized carbons (Fsp3) is 0.500. The Hall–Kier alpha value is -1.82. The molecule has 132 valence electrons. The molecule has 0 aliphatic carbocycles. The molecule has 25 heavy (non-hydrogen) atoms. The van der Waals surface area contributed by atoms with Crippen molar-refractivity contribution in [3.63, 3.8) is 0 Å². The summed E-state index contributed by atoms with van der Waals surface area (Å²) in [6.07, 6.45) is 7.04. The number of rotatable bonds is 7. The van der Waals surface area contributed by atoms with Gasteiger partial charge < -0.3 is 9.47 Å². The second-order valence-corrected chi connectivity index (χ2v) is 7.01. The molecule has 0 saturated carbocycles. The smallest absolute Gasteiger partial charge is 0.0887 e. The minimum atomic E-state index is 0.387. The van der Waals surface area contributed by atoms with Gasteiger partial charge in [0.15, 0.2) is 0 Å². The number of hydrogen-bond donors (Lipinski definition) is 0. The quantitative estimate of drug-likeness (QED) is 0.726. The molecule has 5 heteroatoms. The zero-order chi connectivity index (χ0) is 16.9. The van der Waals surface area contributed by atoms with E-state index in [1.165, 1.54) is 5.56 Å². The van der Waals surface area contributed by atoms with Gasteiger partial charge >= 0.3 is 0 Å². The molecule has 2 fully saturated rings. The van der Waals surface area contributed by atoms with Gasteiger partial charge in [0, 0.05) is 50.7 Å². The average molecular weight is 339 g/mol. The summed E-state index contributed by atoms with van der Waals surface area (Å²) in [5.74, 6) is 1.24. The first kappa shape index (κ1) is 16.6. The van der Waals surface area contributed by atoms with Gasteiger partial charge in [-0.05, 0) is 36.1 Å². The summed E-state index contributed by atoms with van der Waals surface area (Å²) in [5, 5.41) is 0. The summed E-state index contributed by atoms with van der Waals surface area (Å²) in [4.78, 5) is 11.0. The van der Waals surface area contributed by atoms with Crippen molar-refractivity contribution in [2.45, 2.75) is 25.7 Å². The highest BCUT2D eigenvalue weighted by atomic mass is 16.5. The fourth-order valence-electron chi connectivity index (χ4n) is 3.95. The van der Waals surface area contributed by atoms with Crippen LogP contribution < -0.4 is 0 Å². The molecule has 0 unspecified atom stereocenters. The highest BCUT2D eigenvalue weighted by molar-refractivity contribution is 5.09. The van der Waals surface area contributed by atoms with Gasteiger partial charge in [-0.15, -0.1) is 0 Å². The molecule has 0 amide bonds. The Labute approximate surface area is 149 Å². The summed E-state index contributed by atoms with van der Waals surface area (Å²) in [7, 11) is 0. The van der Waals surface area contributed by atoms with E-state index in [0.717, 1.165) is 45.0 Å². The maximum Gasteiger partial charge on any atom is 0.0887 e. The van der Waals surface area contributed by atoms with Gasteiger partial charge in [0.05, 0.1) is 25.0 Å². The summed E-state index contributed by atoms with van der Waals surface area (Å²) in [6, 6.07) is 10.1. The summed E-state index contributed by atoms with van der Waals surface area (Å²) >= 11 is 0. The Balaban J connectivity index is 1.22. The molecule has 2 saturated heterocycles. The van der Waals surface area contributed by atoms with E-state index in [2.05, 4.69) is 20.9 Å². The Kier molecular flexibility index (Phi) is 5.35. The van der Waals surface area contributed by atoms with Crippen LogP contribution in [-0.4, -0.2) is 47.3 Å². The molecule has 0 bridgehead atoms. The van der Waals surface area contributed by atoms with Crippen molar-refractivity contribution in [3.8, 4) is 0 Å². The van der Waals surface area contributed by atoms with Gasteiger partial charge in [-0.25, -0.2) is 0 Å². The lowest BCUT2D eigenvalue weighted by Gasteiger charge is -2.19. The van der Waals surface area contributed by atoms with E-state index < -0.39 is 0 Å². The Morgan fingerprint density at radius 2 is 2.16 bits per heavy atom. The Morgan fingerprint density at radius 3 is 3.00 bits per heavy atom. The van der Waals surface area contributed by atoms with Crippen LogP contribution >= 0.6 is 0 Å². The standard InChI is InChI=1S/C20H25N3O2/c1-2-8-22-18(5-1)15-24-9-6-17-14-25-20-13-23(12-19(17)20)11-16-4-3-7-21-10-16/h1-5,7-8,10,17,19-20H,6,9,11-15H2/t17-,19-,20-/m0/s1. The molecule has 2 aromatic heterocycles. The average Bonchev–Trinajstić information content (AvgIpc) is 3.21. The number of pyridine rings is 2. The molecule has 2 aromatic rings. The maximum absolute atomic E-state index is 6.05. The third-order valence-electron chi connectivity index (χ3n) is 5.25. The van der Waals surface area contributed by atoms with Gasteiger partial charge in [-0.3, -0.25) is 14.9 Å². The maximum atomic E-state index is 6.05. The van der Waals surface area contributed by atoms with Crippen LogP contribution in [-0.2, 0) is 22.6 Å². The van der Waals surface area contributed by atoms with Crippen LogP contribution in [0, 0.1) is 11.8 Å². The zero-order valence-electron chi connectivity index (χ0n) is 14.5. The first-order valence-corrected chi connectivity index (χ1v) is 9.09. The summed E-state index contributed by atoms with van der Waals surface area (Å²) < 4.78 is 11.9. The molecule has 2 aliphatic rings. The van der Waals surface area contributed by atoms with Crippen LogP contribution in [0.4, 0.5) is 0 Å². The second-order valence-electron chi connectivity index (χ2n) is 7.01. The lowest BCUT2D eigenvalue weighted by atomic mass is 9.91. The van der Waals surface area contributed by atoms with E-state index in [0.29, 0.717) is 24.5 Å². The molecular weight excluding hydrogens is 314 g/mol. The molecule has 0 spiro atoms. The van der Waals surface area contributed by atoms with Gasteiger partial charge in [-0.1, -0.05) is 12.1 Å². The lowest BCUT2D eigenvalue weighted by molar-refractivity contribution is 0.0811. The largest absolute Gasteiger partial charge is 0.376 e. The van der Waals surface area contributed by atoms with Crippen LogP contribution in [0.2, 0.25) is 0 Å². The number of ether oxygens (including phenoxy) is 2. The fourth-order valence-corrected chi connectivity index (χ4v) is 3.95. The number of nitrogens with zero attached hydrogens (tertiary/aromatic N) is 3. The Morgan fingerprint density at radius 1 is 1.16 bits per heavy atom. The molecule has 3 atom stereocenters. The summed E-state index contributed by atoms with van der Waals surface area (Å²) in [5.41, 5.74) is 2.27. The van der Waals surface area contributed by atoms with E-state index in [1.807, 2.05) is 42.9 Å². The second kappa shape index (κ2) is 8.04.